The van der Waals surface area contributed by atoms with Crippen LogP contribution in [0.25, 0.3) is 5.82 Å². The lowest BCUT2D eigenvalue weighted by Gasteiger charge is -2.10. The van der Waals surface area contributed by atoms with Crippen molar-refractivity contribution in [1.82, 2.24) is 14.8 Å². The van der Waals surface area contributed by atoms with Gasteiger partial charge in [0.05, 0.1) is 4.90 Å². The van der Waals surface area contributed by atoms with E-state index in [9.17, 15) is 8.42 Å². The van der Waals surface area contributed by atoms with Crippen molar-refractivity contribution in [3.05, 3.63) is 90.3 Å². The van der Waals surface area contributed by atoms with Gasteiger partial charge >= 0.3 is 0 Å². The molecule has 0 saturated carbocycles. The average molecular weight is 420 g/mol. The quantitative estimate of drug-likeness (QED) is 0.497. The summed E-state index contributed by atoms with van der Waals surface area (Å²) in [4.78, 5) is 0.226. The molecule has 4 rings (SSSR count). The second-order valence-corrected chi connectivity index (χ2v) is 8.48. The maximum absolute atomic E-state index is 12.6. The number of anilines is 1. The van der Waals surface area contributed by atoms with E-state index in [1.165, 1.54) is 0 Å². The SMILES string of the molecule is Cc1ccc(S(=O)(=O)Nc2ccc(Oc3ccc(-n4cccc4)nn3)cc2)cc1C. The number of sulfonamides is 1. The number of nitrogens with zero attached hydrogens (tertiary/aromatic N) is 3. The molecule has 4 aromatic rings. The second kappa shape index (κ2) is 8.00. The lowest BCUT2D eigenvalue weighted by Crippen LogP contribution is -2.13. The minimum Gasteiger partial charge on any atom is -0.438 e. The molecule has 0 unspecified atom stereocenters. The summed E-state index contributed by atoms with van der Waals surface area (Å²) in [6.07, 6.45) is 3.75. The van der Waals surface area contributed by atoms with Gasteiger partial charge in [-0.25, -0.2) is 8.42 Å². The minimum atomic E-state index is -3.67. The Kier molecular flexibility index (Phi) is 5.24. The van der Waals surface area contributed by atoms with E-state index < -0.39 is 10.0 Å². The van der Waals surface area contributed by atoms with Crippen molar-refractivity contribution in [3.63, 3.8) is 0 Å². The predicted octanol–water partition coefficient (Wildman–Crippen LogP) is 4.48. The van der Waals surface area contributed by atoms with Crippen LogP contribution < -0.4 is 9.46 Å². The molecule has 0 saturated heterocycles. The summed E-state index contributed by atoms with van der Waals surface area (Å²) in [6.45, 7) is 3.82. The monoisotopic (exact) mass is 420 g/mol. The third-order valence-electron chi connectivity index (χ3n) is 4.61. The predicted molar refractivity (Wildman–Crippen MR) is 115 cm³/mol. The van der Waals surface area contributed by atoms with Gasteiger partial charge in [-0.2, -0.15) is 0 Å². The maximum atomic E-state index is 12.6. The molecule has 7 nitrogen and oxygen atoms in total. The van der Waals surface area contributed by atoms with E-state index in [0.29, 0.717) is 23.1 Å². The van der Waals surface area contributed by atoms with Gasteiger partial charge in [-0.1, -0.05) is 6.07 Å². The first-order valence-electron chi connectivity index (χ1n) is 9.26. The molecule has 2 aromatic heterocycles. The van der Waals surface area contributed by atoms with E-state index in [0.717, 1.165) is 11.1 Å². The average Bonchev–Trinajstić information content (AvgIpc) is 3.27. The van der Waals surface area contributed by atoms with Gasteiger partial charge in [-0.15, -0.1) is 10.2 Å². The third kappa shape index (κ3) is 4.33. The van der Waals surface area contributed by atoms with Gasteiger partial charge in [-0.05, 0) is 79.6 Å². The van der Waals surface area contributed by atoms with E-state index in [2.05, 4.69) is 14.9 Å². The Morgan fingerprint density at radius 3 is 2.23 bits per heavy atom. The molecule has 2 heterocycles. The van der Waals surface area contributed by atoms with Crippen LogP contribution in [0, 0.1) is 13.8 Å². The van der Waals surface area contributed by atoms with Crippen LogP contribution in [0.5, 0.6) is 11.6 Å². The summed E-state index contributed by atoms with van der Waals surface area (Å²) in [6, 6.07) is 19.0. The molecule has 0 radical (unpaired) electrons. The molecule has 0 atom stereocenters. The van der Waals surface area contributed by atoms with Gasteiger partial charge in [0, 0.05) is 24.1 Å². The van der Waals surface area contributed by atoms with Crippen LogP contribution in [0.3, 0.4) is 0 Å². The van der Waals surface area contributed by atoms with Crippen LogP contribution in [0.15, 0.2) is 84.0 Å². The number of aromatic nitrogens is 3. The third-order valence-corrected chi connectivity index (χ3v) is 5.99. The Balaban J connectivity index is 1.44. The molecule has 1 N–H and O–H groups in total. The fourth-order valence-electron chi connectivity index (χ4n) is 2.80. The maximum Gasteiger partial charge on any atom is 0.261 e. The van der Waals surface area contributed by atoms with Crippen molar-refractivity contribution >= 4 is 15.7 Å². The largest absolute Gasteiger partial charge is 0.438 e. The van der Waals surface area contributed by atoms with Gasteiger partial charge in [0.2, 0.25) is 5.88 Å². The van der Waals surface area contributed by atoms with Gasteiger partial charge in [-0.3, -0.25) is 4.72 Å². The lowest BCUT2D eigenvalue weighted by atomic mass is 10.1. The molecule has 2 aromatic carbocycles. The number of hydrogen-bond donors (Lipinski definition) is 1. The lowest BCUT2D eigenvalue weighted by molar-refractivity contribution is 0.454. The standard InChI is InChI=1S/C22H20N4O3S/c1-16-5-10-20(15-17(16)2)30(27,28)25-18-6-8-19(9-7-18)29-22-12-11-21(23-24-22)26-13-3-4-14-26/h3-15,25H,1-2H3. The van der Waals surface area contributed by atoms with Gasteiger partial charge < -0.3 is 9.30 Å². The van der Waals surface area contributed by atoms with E-state index in [1.54, 1.807) is 54.6 Å². The zero-order valence-electron chi connectivity index (χ0n) is 16.5. The normalized spacial score (nSPS) is 11.3. The molecule has 0 bridgehead atoms. The summed E-state index contributed by atoms with van der Waals surface area (Å²) in [7, 11) is -3.67. The highest BCUT2D eigenvalue weighted by Crippen LogP contribution is 2.24. The Bertz CT molecular complexity index is 1250. The smallest absolute Gasteiger partial charge is 0.261 e. The number of rotatable bonds is 6. The summed E-state index contributed by atoms with van der Waals surface area (Å²) in [5, 5.41) is 8.19. The van der Waals surface area contributed by atoms with Crippen LogP contribution in [0.2, 0.25) is 0 Å². The highest BCUT2D eigenvalue weighted by Gasteiger charge is 2.15. The summed E-state index contributed by atoms with van der Waals surface area (Å²) in [5.74, 6) is 1.55. The van der Waals surface area contributed by atoms with Crippen molar-refractivity contribution in [2.75, 3.05) is 4.72 Å². The number of nitrogens with one attached hydrogen (secondary N) is 1. The summed E-state index contributed by atoms with van der Waals surface area (Å²) >= 11 is 0. The molecule has 0 aliphatic rings. The Morgan fingerprint density at radius 1 is 0.867 bits per heavy atom. The number of hydrogen-bond acceptors (Lipinski definition) is 5. The minimum absolute atomic E-state index is 0.226. The molecule has 0 spiro atoms. The first kappa shape index (κ1) is 19.7. The van der Waals surface area contributed by atoms with E-state index >= 15 is 0 Å². The van der Waals surface area contributed by atoms with E-state index in [1.807, 2.05) is 42.9 Å². The Hall–Kier alpha value is -3.65. The van der Waals surface area contributed by atoms with Crippen LogP contribution in [0.4, 0.5) is 5.69 Å². The molecule has 0 amide bonds. The first-order chi connectivity index (χ1) is 14.4. The van der Waals surface area contributed by atoms with Crippen molar-refractivity contribution < 1.29 is 13.2 Å². The molecular weight excluding hydrogens is 400 g/mol. The molecule has 0 aliphatic carbocycles. The van der Waals surface area contributed by atoms with Crippen molar-refractivity contribution in [3.8, 4) is 17.4 Å². The van der Waals surface area contributed by atoms with Crippen molar-refractivity contribution in [2.24, 2.45) is 0 Å². The molecule has 0 fully saturated rings. The van der Waals surface area contributed by atoms with E-state index in [4.69, 9.17) is 4.74 Å². The highest BCUT2D eigenvalue weighted by molar-refractivity contribution is 7.92. The van der Waals surface area contributed by atoms with Crippen molar-refractivity contribution in [2.45, 2.75) is 18.7 Å². The first-order valence-corrected chi connectivity index (χ1v) is 10.7. The Morgan fingerprint density at radius 2 is 1.60 bits per heavy atom. The van der Waals surface area contributed by atoms with Crippen LogP contribution in [0.1, 0.15) is 11.1 Å². The van der Waals surface area contributed by atoms with Crippen LogP contribution >= 0.6 is 0 Å². The molecular formula is C22H20N4O3S. The Labute approximate surface area is 175 Å². The molecule has 0 aliphatic heterocycles. The zero-order chi connectivity index (χ0) is 21.1. The second-order valence-electron chi connectivity index (χ2n) is 6.80. The van der Waals surface area contributed by atoms with Crippen LogP contribution in [-0.2, 0) is 10.0 Å². The number of aryl methyl sites for hydroxylation is 2. The number of benzene rings is 2. The van der Waals surface area contributed by atoms with Crippen molar-refractivity contribution in [1.29, 1.82) is 0 Å². The van der Waals surface area contributed by atoms with Crippen LogP contribution in [-0.4, -0.2) is 23.2 Å². The summed E-state index contributed by atoms with van der Waals surface area (Å²) in [5.41, 5.74) is 2.40. The van der Waals surface area contributed by atoms with Gasteiger partial charge in [0.1, 0.15) is 5.75 Å². The fraction of sp³-hybridized carbons (Fsp3) is 0.0909. The van der Waals surface area contributed by atoms with Gasteiger partial charge in [0.25, 0.3) is 10.0 Å². The topological polar surface area (TPSA) is 86.1 Å². The molecule has 152 valence electrons. The molecule has 8 heteroatoms. The van der Waals surface area contributed by atoms with Gasteiger partial charge in [0.15, 0.2) is 5.82 Å². The highest BCUT2D eigenvalue weighted by atomic mass is 32.2. The zero-order valence-corrected chi connectivity index (χ0v) is 17.3. The van der Waals surface area contributed by atoms with E-state index in [-0.39, 0.29) is 4.90 Å². The number of ether oxygens (including phenoxy) is 1. The fourth-order valence-corrected chi connectivity index (χ4v) is 3.94. The molecule has 30 heavy (non-hydrogen) atoms. The summed E-state index contributed by atoms with van der Waals surface area (Å²) < 4.78 is 35.3.